The summed E-state index contributed by atoms with van der Waals surface area (Å²) in [5, 5.41) is 9.16. The Bertz CT molecular complexity index is 426. The van der Waals surface area contributed by atoms with Crippen molar-refractivity contribution in [1.29, 1.82) is 0 Å². The number of hydrogen-bond donors (Lipinski definition) is 3. The smallest absolute Gasteiger partial charge is 0.148 e. The average molecular weight is 253 g/mol. The molecule has 0 saturated carbocycles. The topological polar surface area (TPSA) is 96.5 Å². The van der Waals surface area contributed by atoms with Crippen LogP contribution in [0.15, 0.2) is 0 Å². The van der Waals surface area contributed by atoms with E-state index in [1.165, 1.54) is 0 Å². The summed E-state index contributed by atoms with van der Waals surface area (Å²) in [6.07, 6.45) is -0.164. The van der Waals surface area contributed by atoms with E-state index in [9.17, 15) is 0 Å². The minimum Gasteiger partial charge on any atom is -0.394 e. The molecule has 100 valence electrons. The molecule has 0 bridgehead atoms. The van der Waals surface area contributed by atoms with Gasteiger partial charge in [-0.05, 0) is 13.8 Å². The van der Waals surface area contributed by atoms with E-state index >= 15 is 0 Å². The van der Waals surface area contributed by atoms with Crippen molar-refractivity contribution in [3.8, 4) is 0 Å². The van der Waals surface area contributed by atoms with Crippen LogP contribution in [0.4, 0.5) is 11.6 Å². The van der Waals surface area contributed by atoms with Crippen molar-refractivity contribution in [1.82, 2.24) is 9.97 Å². The van der Waals surface area contributed by atoms with Crippen LogP contribution in [0.25, 0.3) is 0 Å². The van der Waals surface area contributed by atoms with Crippen LogP contribution in [0.2, 0.25) is 0 Å². The Labute approximate surface area is 106 Å². The van der Waals surface area contributed by atoms with Crippen molar-refractivity contribution in [3.63, 3.8) is 0 Å². The van der Waals surface area contributed by atoms with Gasteiger partial charge in [0.1, 0.15) is 17.5 Å². The molecule has 0 radical (unpaired) electrons. The van der Waals surface area contributed by atoms with Gasteiger partial charge in [-0.3, -0.25) is 0 Å². The van der Waals surface area contributed by atoms with E-state index in [0.717, 1.165) is 17.9 Å². The summed E-state index contributed by atoms with van der Waals surface area (Å²) in [6.45, 7) is 5.72. The third kappa shape index (κ3) is 2.53. The molecule has 18 heavy (non-hydrogen) atoms. The molecule has 0 amide bonds. The first kappa shape index (κ1) is 13.0. The van der Waals surface area contributed by atoms with Gasteiger partial charge in [-0.2, -0.15) is 0 Å². The molecule has 1 unspecified atom stereocenters. The second-order valence-corrected chi connectivity index (χ2v) is 4.33. The van der Waals surface area contributed by atoms with Gasteiger partial charge < -0.3 is 20.2 Å². The van der Waals surface area contributed by atoms with E-state index in [-0.39, 0.29) is 12.7 Å². The van der Waals surface area contributed by atoms with Gasteiger partial charge in [0.15, 0.2) is 0 Å². The van der Waals surface area contributed by atoms with Crippen LogP contribution in [0, 0.1) is 13.8 Å². The lowest BCUT2D eigenvalue weighted by molar-refractivity contribution is 0.00332. The zero-order chi connectivity index (χ0) is 13.1. The molecule has 1 aromatic rings. The number of rotatable bonds is 3. The fourth-order valence-corrected chi connectivity index (χ4v) is 2.08. The molecule has 2 heterocycles. The Morgan fingerprint density at radius 2 is 2.28 bits per heavy atom. The van der Waals surface area contributed by atoms with Crippen molar-refractivity contribution in [2.24, 2.45) is 5.84 Å². The third-order valence-electron chi connectivity index (χ3n) is 3.01. The first-order valence-corrected chi connectivity index (χ1v) is 5.95. The minimum absolute atomic E-state index is 0.0155. The van der Waals surface area contributed by atoms with Crippen LogP contribution < -0.4 is 16.2 Å². The fraction of sp³-hybridized carbons (Fsp3) is 0.636. The van der Waals surface area contributed by atoms with Crippen LogP contribution in [0.1, 0.15) is 11.4 Å². The second-order valence-electron chi connectivity index (χ2n) is 4.33. The molecule has 1 atom stereocenters. The van der Waals surface area contributed by atoms with E-state index in [4.69, 9.17) is 15.7 Å². The second kappa shape index (κ2) is 5.47. The predicted molar refractivity (Wildman–Crippen MR) is 68.4 cm³/mol. The van der Waals surface area contributed by atoms with Gasteiger partial charge >= 0.3 is 0 Å². The van der Waals surface area contributed by atoms with Gasteiger partial charge in [0.2, 0.25) is 0 Å². The number of nitrogens with two attached hydrogens (primary N) is 1. The molecule has 1 aliphatic heterocycles. The SMILES string of the molecule is Cc1nc(NN)c(C)c(N2CCOC(CO)C2)n1. The molecule has 0 aromatic carbocycles. The molecule has 1 fully saturated rings. The maximum Gasteiger partial charge on any atom is 0.148 e. The van der Waals surface area contributed by atoms with Gasteiger partial charge in [-0.1, -0.05) is 0 Å². The molecular weight excluding hydrogens is 234 g/mol. The number of aromatic nitrogens is 2. The van der Waals surface area contributed by atoms with Crippen LogP contribution in [0.3, 0.4) is 0 Å². The van der Waals surface area contributed by atoms with Gasteiger partial charge in [-0.15, -0.1) is 0 Å². The summed E-state index contributed by atoms with van der Waals surface area (Å²) in [6, 6.07) is 0. The minimum atomic E-state index is -0.164. The Hall–Kier alpha value is -1.44. The fourth-order valence-electron chi connectivity index (χ4n) is 2.08. The molecule has 7 nitrogen and oxygen atoms in total. The number of aryl methyl sites for hydroxylation is 1. The molecular formula is C11H19N5O2. The van der Waals surface area contributed by atoms with Crippen LogP contribution in [0.5, 0.6) is 0 Å². The van der Waals surface area contributed by atoms with Crippen molar-refractivity contribution >= 4 is 11.6 Å². The lowest BCUT2D eigenvalue weighted by atomic mass is 10.2. The number of hydrazine groups is 1. The summed E-state index contributed by atoms with van der Waals surface area (Å²) < 4.78 is 5.43. The van der Waals surface area contributed by atoms with E-state index in [0.29, 0.717) is 24.8 Å². The van der Waals surface area contributed by atoms with Crippen LogP contribution in [-0.4, -0.2) is 47.5 Å². The van der Waals surface area contributed by atoms with E-state index in [1.807, 2.05) is 13.8 Å². The normalized spacial score (nSPS) is 20.0. The predicted octanol–water partition coefficient (Wildman–Crippen LogP) is -0.423. The Kier molecular flexibility index (Phi) is 3.95. The average Bonchev–Trinajstić information content (AvgIpc) is 2.41. The van der Waals surface area contributed by atoms with Crippen molar-refractivity contribution < 1.29 is 9.84 Å². The summed E-state index contributed by atoms with van der Waals surface area (Å²) >= 11 is 0. The van der Waals surface area contributed by atoms with Gasteiger partial charge in [0.05, 0.1) is 19.3 Å². The number of nitrogens with one attached hydrogen (secondary N) is 1. The molecule has 1 saturated heterocycles. The highest BCUT2D eigenvalue weighted by molar-refractivity contribution is 5.58. The van der Waals surface area contributed by atoms with Crippen LogP contribution in [-0.2, 0) is 4.74 Å². The zero-order valence-corrected chi connectivity index (χ0v) is 10.7. The Morgan fingerprint density at radius 1 is 1.50 bits per heavy atom. The van der Waals surface area contributed by atoms with Gasteiger partial charge in [-0.25, -0.2) is 15.8 Å². The van der Waals surface area contributed by atoms with Crippen molar-refractivity contribution in [3.05, 3.63) is 11.4 Å². The highest BCUT2D eigenvalue weighted by Gasteiger charge is 2.23. The van der Waals surface area contributed by atoms with Gasteiger partial charge in [0.25, 0.3) is 0 Å². The number of morpholine rings is 1. The number of anilines is 2. The van der Waals surface area contributed by atoms with Crippen molar-refractivity contribution in [2.75, 3.05) is 36.6 Å². The number of hydrogen-bond acceptors (Lipinski definition) is 7. The van der Waals surface area contributed by atoms with E-state index in [2.05, 4.69) is 20.3 Å². The standard InChI is InChI=1S/C11H19N5O2/c1-7-10(15-12)13-8(2)14-11(7)16-3-4-18-9(5-16)6-17/h9,17H,3-6,12H2,1-2H3,(H,13,14,15). The first-order valence-electron chi connectivity index (χ1n) is 5.95. The molecule has 4 N–H and O–H groups in total. The zero-order valence-electron chi connectivity index (χ0n) is 10.7. The van der Waals surface area contributed by atoms with Gasteiger partial charge in [0, 0.05) is 18.7 Å². The summed E-state index contributed by atoms with van der Waals surface area (Å²) in [5.41, 5.74) is 3.49. The number of aliphatic hydroxyl groups excluding tert-OH is 1. The Morgan fingerprint density at radius 3 is 2.94 bits per heavy atom. The largest absolute Gasteiger partial charge is 0.394 e. The van der Waals surface area contributed by atoms with E-state index < -0.39 is 0 Å². The summed E-state index contributed by atoms with van der Waals surface area (Å²) in [7, 11) is 0. The Balaban J connectivity index is 2.29. The van der Waals surface area contributed by atoms with E-state index in [1.54, 1.807) is 0 Å². The lowest BCUT2D eigenvalue weighted by Gasteiger charge is -2.34. The molecule has 1 aliphatic rings. The maximum absolute atomic E-state index is 9.16. The van der Waals surface area contributed by atoms with Crippen molar-refractivity contribution in [2.45, 2.75) is 20.0 Å². The first-order chi connectivity index (χ1) is 8.65. The highest BCUT2D eigenvalue weighted by Crippen LogP contribution is 2.24. The summed E-state index contributed by atoms with van der Waals surface area (Å²) in [4.78, 5) is 10.8. The highest BCUT2D eigenvalue weighted by atomic mass is 16.5. The number of nitrogen functional groups attached to an aromatic ring is 1. The monoisotopic (exact) mass is 253 g/mol. The number of nitrogens with zero attached hydrogens (tertiary/aromatic N) is 3. The molecule has 7 heteroatoms. The molecule has 2 rings (SSSR count). The molecule has 0 aliphatic carbocycles. The molecule has 1 aromatic heterocycles. The number of ether oxygens (including phenoxy) is 1. The third-order valence-corrected chi connectivity index (χ3v) is 3.01. The summed E-state index contributed by atoms with van der Waals surface area (Å²) in [5.74, 6) is 7.58. The molecule has 0 spiro atoms. The number of aliphatic hydroxyl groups is 1. The lowest BCUT2D eigenvalue weighted by Crippen LogP contribution is -2.45. The van der Waals surface area contributed by atoms with Crippen LogP contribution >= 0.6 is 0 Å². The maximum atomic E-state index is 9.16. The quantitative estimate of drug-likeness (QED) is 0.497.